The van der Waals surface area contributed by atoms with Gasteiger partial charge in [-0.2, -0.15) is 0 Å². The molecule has 0 aromatic heterocycles. The van der Waals surface area contributed by atoms with Crippen molar-refractivity contribution in [2.24, 2.45) is 0 Å². The molecule has 152 valence electrons. The molecular formula is C31H28. The van der Waals surface area contributed by atoms with E-state index in [1.54, 1.807) is 0 Å². The summed E-state index contributed by atoms with van der Waals surface area (Å²) < 4.78 is 0. The topological polar surface area (TPSA) is 0 Å². The van der Waals surface area contributed by atoms with E-state index in [2.05, 4.69) is 113 Å². The predicted octanol–water partition coefficient (Wildman–Crippen LogP) is 8.28. The lowest BCUT2D eigenvalue weighted by Gasteiger charge is -2.33. The van der Waals surface area contributed by atoms with Crippen molar-refractivity contribution in [3.63, 3.8) is 0 Å². The Hall–Kier alpha value is -3.12. The molecule has 0 heteroatoms. The van der Waals surface area contributed by atoms with Crippen LogP contribution in [0.4, 0.5) is 0 Å². The molecule has 1 atom stereocenters. The first-order valence-corrected chi connectivity index (χ1v) is 11.5. The third-order valence-electron chi connectivity index (χ3n) is 7.45. The summed E-state index contributed by atoms with van der Waals surface area (Å²) in [5.41, 5.74) is 14.0. The largest absolute Gasteiger partial charge is 0.0728 e. The molecule has 0 amide bonds. The van der Waals surface area contributed by atoms with Gasteiger partial charge in [0.05, 0.1) is 5.41 Å². The number of hydrogen-bond donors (Lipinski definition) is 0. The smallest absolute Gasteiger partial charge is 0.0619 e. The summed E-state index contributed by atoms with van der Waals surface area (Å²) in [6, 6.07) is 32.3. The first-order valence-electron chi connectivity index (χ1n) is 11.5. The van der Waals surface area contributed by atoms with Crippen molar-refractivity contribution in [1.29, 1.82) is 0 Å². The molecule has 0 aliphatic heterocycles. The average Bonchev–Trinajstić information content (AvgIpc) is 3.26. The van der Waals surface area contributed by atoms with Crippen LogP contribution in [0.2, 0.25) is 0 Å². The Kier molecular flexibility index (Phi) is 3.87. The molecule has 0 heterocycles. The molecule has 4 aromatic carbocycles. The molecule has 6 rings (SSSR count). The number of fused-ring (bicyclic) bond motifs is 10. The fourth-order valence-corrected chi connectivity index (χ4v) is 6.09. The fraction of sp³-hybridized carbons (Fsp3) is 0.226. The molecule has 0 fully saturated rings. The van der Waals surface area contributed by atoms with Gasteiger partial charge in [0.2, 0.25) is 0 Å². The van der Waals surface area contributed by atoms with Crippen LogP contribution in [0.15, 0.2) is 84.9 Å². The Bertz CT molecular complexity index is 1340. The molecule has 2 aliphatic carbocycles. The number of hydrogen-bond acceptors (Lipinski definition) is 0. The molecule has 0 radical (unpaired) electrons. The van der Waals surface area contributed by atoms with Crippen molar-refractivity contribution >= 4 is 0 Å². The van der Waals surface area contributed by atoms with Crippen LogP contribution in [0, 0.1) is 0 Å². The number of benzene rings is 4. The fourth-order valence-electron chi connectivity index (χ4n) is 6.09. The van der Waals surface area contributed by atoms with Gasteiger partial charge in [0.15, 0.2) is 0 Å². The molecule has 0 nitrogen and oxygen atoms in total. The average molecular weight is 401 g/mol. The van der Waals surface area contributed by atoms with Crippen molar-refractivity contribution in [2.75, 3.05) is 0 Å². The molecule has 0 N–H and O–H groups in total. The lowest BCUT2D eigenvalue weighted by atomic mass is 9.68. The van der Waals surface area contributed by atoms with Gasteiger partial charge < -0.3 is 0 Å². The zero-order chi connectivity index (χ0) is 21.3. The predicted molar refractivity (Wildman–Crippen MR) is 131 cm³/mol. The second-order valence-electron chi connectivity index (χ2n) is 9.73. The van der Waals surface area contributed by atoms with E-state index in [0.29, 0.717) is 11.8 Å². The van der Waals surface area contributed by atoms with E-state index in [1.165, 1.54) is 55.6 Å². The van der Waals surface area contributed by atoms with Gasteiger partial charge in [0, 0.05) is 0 Å². The van der Waals surface area contributed by atoms with Gasteiger partial charge in [0.1, 0.15) is 0 Å². The lowest BCUT2D eigenvalue weighted by molar-refractivity contribution is 0.749. The van der Waals surface area contributed by atoms with E-state index in [-0.39, 0.29) is 5.41 Å². The van der Waals surface area contributed by atoms with Gasteiger partial charge in [-0.15, -0.1) is 0 Å². The van der Waals surface area contributed by atoms with E-state index in [0.717, 1.165) is 0 Å². The second kappa shape index (κ2) is 6.44. The zero-order valence-electron chi connectivity index (χ0n) is 18.7. The van der Waals surface area contributed by atoms with Crippen LogP contribution in [-0.2, 0) is 5.41 Å². The highest BCUT2D eigenvalue weighted by atomic mass is 14.5. The Balaban J connectivity index is 1.83. The van der Waals surface area contributed by atoms with Gasteiger partial charge in [-0.1, -0.05) is 113 Å². The summed E-state index contributed by atoms with van der Waals surface area (Å²) >= 11 is 0. The molecule has 0 bridgehead atoms. The van der Waals surface area contributed by atoms with Crippen LogP contribution >= 0.6 is 0 Å². The Morgan fingerprint density at radius 2 is 1.10 bits per heavy atom. The Labute approximate surface area is 185 Å². The van der Waals surface area contributed by atoms with E-state index < -0.39 is 0 Å². The van der Waals surface area contributed by atoms with E-state index in [9.17, 15) is 0 Å². The molecule has 31 heavy (non-hydrogen) atoms. The van der Waals surface area contributed by atoms with Gasteiger partial charge >= 0.3 is 0 Å². The maximum atomic E-state index is 2.45. The molecular weight excluding hydrogens is 372 g/mol. The zero-order valence-corrected chi connectivity index (χ0v) is 18.7. The molecule has 1 spiro atoms. The third-order valence-corrected chi connectivity index (χ3v) is 7.45. The molecule has 0 saturated heterocycles. The normalized spacial score (nSPS) is 17.7. The van der Waals surface area contributed by atoms with Crippen molar-refractivity contribution in [1.82, 2.24) is 0 Å². The van der Waals surface area contributed by atoms with Crippen LogP contribution in [0.25, 0.3) is 22.3 Å². The summed E-state index contributed by atoms with van der Waals surface area (Å²) in [5.74, 6) is 0.982. The molecule has 4 aromatic rings. The Morgan fingerprint density at radius 1 is 0.516 bits per heavy atom. The van der Waals surface area contributed by atoms with Gasteiger partial charge in [0.25, 0.3) is 0 Å². The monoisotopic (exact) mass is 400 g/mol. The summed E-state index contributed by atoms with van der Waals surface area (Å²) in [7, 11) is 0. The van der Waals surface area contributed by atoms with Crippen molar-refractivity contribution < 1.29 is 0 Å². The highest BCUT2D eigenvalue weighted by molar-refractivity contribution is 5.95. The Morgan fingerprint density at radius 3 is 1.74 bits per heavy atom. The minimum atomic E-state index is -0.228. The minimum absolute atomic E-state index is 0.228. The van der Waals surface area contributed by atoms with Crippen molar-refractivity contribution in [3.05, 3.63) is 118 Å². The highest BCUT2D eigenvalue weighted by Gasteiger charge is 2.52. The highest BCUT2D eigenvalue weighted by Crippen LogP contribution is 2.64. The number of rotatable bonds is 2. The van der Waals surface area contributed by atoms with Crippen LogP contribution in [-0.4, -0.2) is 0 Å². The third kappa shape index (κ3) is 2.26. The van der Waals surface area contributed by atoms with Gasteiger partial charge in [-0.3, -0.25) is 0 Å². The van der Waals surface area contributed by atoms with Crippen LogP contribution in [0.1, 0.15) is 72.9 Å². The minimum Gasteiger partial charge on any atom is -0.0619 e. The van der Waals surface area contributed by atoms with Crippen molar-refractivity contribution in [3.8, 4) is 22.3 Å². The van der Waals surface area contributed by atoms with E-state index >= 15 is 0 Å². The van der Waals surface area contributed by atoms with Crippen LogP contribution < -0.4 is 0 Å². The molecule has 1 unspecified atom stereocenters. The summed E-state index contributed by atoms with van der Waals surface area (Å²) in [6.45, 7) is 9.23. The summed E-state index contributed by atoms with van der Waals surface area (Å²) in [5, 5.41) is 0. The maximum absolute atomic E-state index is 2.45. The van der Waals surface area contributed by atoms with Crippen LogP contribution in [0.3, 0.4) is 0 Å². The standard InChI is InChI=1S/C31H28/c1-19(2)21-16-17-29-26(18-21)24-11-6-8-15-28(24)31(29)27-14-7-5-10-23(27)25-13-9-12-22(20(3)4)30(25)31/h5-20H,1-4H3. The van der Waals surface area contributed by atoms with E-state index in [4.69, 9.17) is 0 Å². The first kappa shape index (κ1) is 18.6. The van der Waals surface area contributed by atoms with Crippen molar-refractivity contribution in [2.45, 2.75) is 44.9 Å². The quantitative estimate of drug-likeness (QED) is 0.274. The lowest BCUT2D eigenvalue weighted by Crippen LogP contribution is -2.27. The summed E-state index contributed by atoms with van der Waals surface area (Å²) in [4.78, 5) is 0. The first-order chi connectivity index (χ1) is 15.0. The second-order valence-corrected chi connectivity index (χ2v) is 9.73. The molecule has 0 saturated carbocycles. The summed E-state index contributed by atoms with van der Waals surface area (Å²) in [6.07, 6.45) is 0. The van der Waals surface area contributed by atoms with Crippen LogP contribution in [0.5, 0.6) is 0 Å². The van der Waals surface area contributed by atoms with E-state index in [1.807, 2.05) is 0 Å². The van der Waals surface area contributed by atoms with Gasteiger partial charge in [-0.25, -0.2) is 0 Å². The molecule has 2 aliphatic rings. The van der Waals surface area contributed by atoms with Gasteiger partial charge in [-0.05, 0) is 67.5 Å². The SMILES string of the molecule is CC(C)c1ccc2c(c1)-c1ccccc1C21c2ccccc2-c2cccc(C(C)C)c21. The maximum Gasteiger partial charge on any atom is 0.0728 e.